The lowest BCUT2D eigenvalue weighted by Crippen LogP contribution is -2.06. The summed E-state index contributed by atoms with van der Waals surface area (Å²) in [6, 6.07) is 0.977. The molecule has 0 unspecified atom stereocenters. The van der Waals surface area contributed by atoms with Crippen LogP contribution >= 0.6 is 11.3 Å². The molecule has 0 aliphatic carbocycles. The molecule has 8 nitrogen and oxygen atoms in total. The number of pyridine rings is 1. The fourth-order valence-corrected chi connectivity index (χ4v) is 1.88. The van der Waals surface area contributed by atoms with Gasteiger partial charge >= 0.3 is 11.7 Å². The number of hydrogen-bond donors (Lipinski definition) is 2. The Hall–Kier alpha value is -2.55. The number of aromatic nitrogens is 2. The zero-order chi connectivity index (χ0) is 13.8. The summed E-state index contributed by atoms with van der Waals surface area (Å²) >= 11 is 1.40. The molecule has 2 heterocycles. The number of carboxylic acids is 1. The summed E-state index contributed by atoms with van der Waals surface area (Å²) in [5.74, 6) is -1.23. The molecule has 0 saturated carbocycles. The molecular weight excluding hydrogens is 272 g/mol. The van der Waals surface area contributed by atoms with Gasteiger partial charge in [-0.15, -0.1) is 11.3 Å². The normalized spacial score (nSPS) is 10.1. The van der Waals surface area contributed by atoms with Gasteiger partial charge in [0.05, 0.1) is 22.5 Å². The number of anilines is 1. The minimum Gasteiger partial charge on any atom is -0.478 e. The standard InChI is InChI=1S/C10H8N4O4S/c15-10(16)6-1-8(14(17)18)9(12-2-6)13-4-7-3-11-5-19-7/h1-3,5H,4H2,(H,12,13)(H,15,16). The van der Waals surface area contributed by atoms with Crippen LogP contribution in [0.4, 0.5) is 11.5 Å². The van der Waals surface area contributed by atoms with Crippen molar-refractivity contribution in [1.29, 1.82) is 0 Å². The first-order valence-corrected chi connectivity index (χ1v) is 5.95. The summed E-state index contributed by atoms with van der Waals surface area (Å²) in [6.45, 7) is 0.338. The molecule has 0 atom stereocenters. The molecule has 0 aliphatic rings. The highest BCUT2D eigenvalue weighted by Gasteiger charge is 2.18. The van der Waals surface area contributed by atoms with Gasteiger partial charge < -0.3 is 10.4 Å². The second-order valence-electron chi connectivity index (χ2n) is 3.48. The fraction of sp³-hybridized carbons (Fsp3) is 0.100. The highest BCUT2D eigenvalue weighted by molar-refractivity contribution is 7.09. The fourth-order valence-electron chi connectivity index (χ4n) is 1.35. The number of carboxylic acid groups (broad SMARTS) is 1. The van der Waals surface area contributed by atoms with Crippen molar-refractivity contribution in [2.45, 2.75) is 6.54 Å². The maximum Gasteiger partial charge on any atom is 0.337 e. The zero-order valence-corrected chi connectivity index (χ0v) is 10.3. The molecule has 0 bridgehead atoms. The maximum atomic E-state index is 10.9. The van der Waals surface area contributed by atoms with Gasteiger partial charge in [-0.25, -0.2) is 9.78 Å². The first-order valence-electron chi connectivity index (χ1n) is 5.07. The predicted octanol–water partition coefficient (Wildman–Crippen LogP) is 1.76. The molecule has 98 valence electrons. The van der Waals surface area contributed by atoms with Crippen LogP contribution in [0.25, 0.3) is 0 Å². The average Bonchev–Trinajstić information content (AvgIpc) is 2.89. The minimum absolute atomic E-state index is 0.0309. The van der Waals surface area contributed by atoms with Crippen LogP contribution in [0.1, 0.15) is 15.2 Å². The van der Waals surface area contributed by atoms with E-state index >= 15 is 0 Å². The lowest BCUT2D eigenvalue weighted by atomic mass is 10.2. The van der Waals surface area contributed by atoms with Crippen molar-refractivity contribution < 1.29 is 14.8 Å². The molecule has 0 saturated heterocycles. The van der Waals surface area contributed by atoms with Gasteiger partial charge in [-0.1, -0.05) is 0 Å². The number of nitrogens with zero attached hydrogens (tertiary/aromatic N) is 3. The molecule has 0 aromatic carbocycles. The van der Waals surface area contributed by atoms with E-state index in [0.717, 1.165) is 17.1 Å². The largest absolute Gasteiger partial charge is 0.478 e. The van der Waals surface area contributed by atoms with E-state index in [1.54, 1.807) is 11.7 Å². The summed E-state index contributed by atoms with van der Waals surface area (Å²) in [6.07, 6.45) is 2.71. The van der Waals surface area contributed by atoms with Crippen molar-refractivity contribution in [2.75, 3.05) is 5.32 Å². The number of carbonyl (C=O) groups is 1. The second-order valence-corrected chi connectivity index (χ2v) is 4.45. The van der Waals surface area contributed by atoms with Crippen LogP contribution in [0.15, 0.2) is 24.0 Å². The van der Waals surface area contributed by atoms with E-state index in [1.807, 2.05) is 0 Å². The Labute approximate surface area is 110 Å². The molecule has 0 radical (unpaired) electrons. The van der Waals surface area contributed by atoms with Crippen molar-refractivity contribution in [3.63, 3.8) is 0 Å². The van der Waals surface area contributed by atoms with Crippen LogP contribution < -0.4 is 5.32 Å². The van der Waals surface area contributed by atoms with Crippen LogP contribution in [-0.2, 0) is 6.54 Å². The van der Waals surface area contributed by atoms with Crippen molar-refractivity contribution >= 4 is 28.8 Å². The summed E-state index contributed by atoms with van der Waals surface area (Å²) in [4.78, 5) is 29.5. The molecule has 2 aromatic rings. The van der Waals surface area contributed by atoms with Gasteiger partial charge in [-0.2, -0.15) is 0 Å². The number of nitro groups is 1. The quantitative estimate of drug-likeness (QED) is 0.632. The van der Waals surface area contributed by atoms with Crippen LogP contribution in [-0.4, -0.2) is 26.0 Å². The lowest BCUT2D eigenvalue weighted by Gasteiger charge is -2.05. The van der Waals surface area contributed by atoms with Crippen LogP contribution in [0.5, 0.6) is 0 Å². The van der Waals surface area contributed by atoms with Crippen molar-refractivity contribution in [2.24, 2.45) is 0 Å². The molecule has 0 amide bonds. The highest BCUT2D eigenvalue weighted by atomic mass is 32.1. The smallest absolute Gasteiger partial charge is 0.337 e. The zero-order valence-electron chi connectivity index (χ0n) is 9.44. The van der Waals surface area contributed by atoms with E-state index in [4.69, 9.17) is 5.11 Å². The minimum atomic E-state index is -1.26. The number of nitrogens with one attached hydrogen (secondary N) is 1. The molecular formula is C10H8N4O4S. The average molecular weight is 280 g/mol. The second kappa shape index (κ2) is 5.40. The highest BCUT2D eigenvalue weighted by Crippen LogP contribution is 2.23. The Morgan fingerprint density at radius 3 is 2.89 bits per heavy atom. The monoisotopic (exact) mass is 280 g/mol. The Morgan fingerprint density at radius 1 is 1.53 bits per heavy atom. The number of thiazole rings is 1. The lowest BCUT2D eigenvalue weighted by molar-refractivity contribution is -0.384. The predicted molar refractivity (Wildman–Crippen MR) is 67.3 cm³/mol. The first kappa shape index (κ1) is 12.9. The van der Waals surface area contributed by atoms with Crippen molar-refractivity contribution in [3.05, 3.63) is 44.5 Å². The van der Waals surface area contributed by atoms with Crippen LogP contribution in [0, 0.1) is 10.1 Å². The number of hydrogen-bond acceptors (Lipinski definition) is 7. The molecule has 2 N–H and O–H groups in total. The molecule has 2 rings (SSSR count). The van der Waals surface area contributed by atoms with Gasteiger partial charge in [0, 0.05) is 23.3 Å². The third-order valence-electron chi connectivity index (χ3n) is 2.22. The molecule has 2 aromatic heterocycles. The van der Waals surface area contributed by atoms with Crippen LogP contribution in [0.2, 0.25) is 0 Å². The van der Waals surface area contributed by atoms with Gasteiger partial charge in [0.15, 0.2) is 0 Å². The third kappa shape index (κ3) is 3.01. The van der Waals surface area contributed by atoms with E-state index in [9.17, 15) is 14.9 Å². The van der Waals surface area contributed by atoms with Gasteiger partial charge in [0.25, 0.3) is 0 Å². The van der Waals surface area contributed by atoms with Crippen molar-refractivity contribution in [1.82, 2.24) is 9.97 Å². The third-order valence-corrected chi connectivity index (χ3v) is 3.00. The van der Waals surface area contributed by atoms with E-state index in [0.29, 0.717) is 6.54 Å². The summed E-state index contributed by atoms with van der Waals surface area (Å²) in [5, 5.41) is 22.4. The SMILES string of the molecule is O=C(O)c1cnc(NCc2cncs2)c([N+](=O)[O-])c1. The summed E-state index contributed by atoms with van der Waals surface area (Å²) in [5.41, 5.74) is 1.05. The first-order chi connectivity index (χ1) is 9.08. The number of rotatable bonds is 5. The Balaban J connectivity index is 2.24. The topological polar surface area (TPSA) is 118 Å². The van der Waals surface area contributed by atoms with Crippen molar-refractivity contribution in [3.8, 4) is 0 Å². The maximum absolute atomic E-state index is 10.9. The molecule has 0 spiro atoms. The molecule has 9 heteroatoms. The summed E-state index contributed by atoms with van der Waals surface area (Å²) in [7, 11) is 0. The van der Waals surface area contributed by atoms with Crippen LogP contribution in [0.3, 0.4) is 0 Å². The van der Waals surface area contributed by atoms with Gasteiger partial charge in [0.2, 0.25) is 5.82 Å². The summed E-state index contributed by atoms with van der Waals surface area (Å²) < 4.78 is 0. The molecule has 0 fully saturated rings. The van der Waals surface area contributed by atoms with E-state index < -0.39 is 10.9 Å². The van der Waals surface area contributed by atoms with E-state index in [-0.39, 0.29) is 17.1 Å². The van der Waals surface area contributed by atoms with Gasteiger partial charge in [-0.05, 0) is 0 Å². The van der Waals surface area contributed by atoms with Gasteiger partial charge in [0.1, 0.15) is 0 Å². The Bertz CT molecular complexity index is 614. The molecule has 0 aliphatic heterocycles. The molecule has 19 heavy (non-hydrogen) atoms. The van der Waals surface area contributed by atoms with E-state index in [1.165, 1.54) is 11.3 Å². The Morgan fingerprint density at radius 2 is 2.32 bits per heavy atom. The van der Waals surface area contributed by atoms with Gasteiger partial charge in [-0.3, -0.25) is 15.1 Å². The van der Waals surface area contributed by atoms with E-state index in [2.05, 4.69) is 15.3 Å². The number of aromatic carboxylic acids is 1. The Kier molecular flexibility index (Phi) is 3.66.